The second kappa shape index (κ2) is 5.04. The van der Waals surface area contributed by atoms with Crippen molar-refractivity contribution in [2.45, 2.75) is 6.04 Å². The van der Waals surface area contributed by atoms with Crippen LogP contribution in [0.4, 0.5) is 0 Å². The van der Waals surface area contributed by atoms with Crippen LogP contribution in [0.15, 0.2) is 54.7 Å². The molecule has 0 fully saturated rings. The van der Waals surface area contributed by atoms with Crippen molar-refractivity contribution in [2.75, 3.05) is 0 Å². The number of hydrogen-bond acceptors (Lipinski definition) is 2. The van der Waals surface area contributed by atoms with Crippen molar-refractivity contribution >= 4 is 5.78 Å². The normalized spacial score (nSPS) is 11.5. The Hall–Kier alpha value is -2.47. The van der Waals surface area contributed by atoms with Crippen LogP contribution in [0.5, 0.6) is 0 Å². The molecule has 0 saturated heterocycles. The van der Waals surface area contributed by atoms with Gasteiger partial charge in [0.1, 0.15) is 5.69 Å². The van der Waals surface area contributed by atoms with Gasteiger partial charge in [0.15, 0.2) is 0 Å². The fourth-order valence-corrected chi connectivity index (χ4v) is 1.57. The monoisotopic (exact) mass is 222 g/mol. The highest BCUT2D eigenvalue weighted by molar-refractivity contribution is 6.00. The van der Waals surface area contributed by atoms with Gasteiger partial charge in [-0.3, -0.25) is 14.6 Å². The molecule has 0 aliphatic carbocycles. The van der Waals surface area contributed by atoms with Gasteiger partial charge in [-0.2, -0.15) is 0 Å². The Morgan fingerprint density at radius 1 is 1.12 bits per heavy atom. The van der Waals surface area contributed by atoms with E-state index in [1.54, 1.807) is 36.5 Å². The number of Topliss-reactive ketones (excluding diaryl/α,β-unsaturated/α-hetero) is 1. The number of nitrogens with zero attached hydrogens (tertiary/aromatic N) is 2. The lowest BCUT2D eigenvalue weighted by Crippen LogP contribution is -2.10. The number of carbonyl (C=O) groups is 1. The Balaban J connectivity index is 2.33. The van der Waals surface area contributed by atoms with E-state index in [9.17, 15) is 4.79 Å². The molecule has 0 aliphatic rings. The quantitative estimate of drug-likeness (QED) is 0.591. The van der Waals surface area contributed by atoms with Crippen LogP contribution in [0.2, 0.25) is 0 Å². The van der Waals surface area contributed by atoms with Crippen LogP contribution in [0, 0.1) is 6.57 Å². The molecule has 1 aromatic carbocycles. The summed E-state index contributed by atoms with van der Waals surface area (Å²) >= 11 is 0. The first kappa shape index (κ1) is 11.0. The van der Waals surface area contributed by atoms with Crippen LogP contribution in [-0.2, 0) is 0 Å². The Bertz CT molecular complexity index is 543. The first-order valence-corrected chi connectivity index (χ1v) is 5.19. The van der Waals surface area contributed by atoms with Crippen LogP contribution < -0.4 is 0 Å². The summed E-state index contributed by atoms with van der Waals surface area (Å²) in [5.74, 6) is -0.258. The van der Waals surface area contributed by atoms with E-state index in [1.807, 2.05) is 18.2 Å². The van der Waals surface area contributed by atoms with Crippen molar-refractivity contribution in [3.63, 3.8) is 0 Å². The second-order valence-electron chi connectivity index (χ2n) is 3.52. The van der Waals surface area contributed by atoms with Crippen LogP contribution >= 0.6 is 0 Å². The Kier molecular flexibility index (Phi) is 3.27. The molecule has 2 rings (SSSR count). The van der Waals surface area contributed by atoms with Crippen LogP contribution in [-0.4, -0.2) is 10.8 Å². The Labute approximate surface area is 99.6 Å². The lowest BCUT2D eigenvalue weighted by atomic mass is 10.0. The number of pyridine rings is 1. The van der Waals surface area contributed by atoms with E-state index in [2.05, 4.69) is 9.83 Å². The maximum Gasteiger partial charge on any atom is 0.312 e. The van der Waals surface area contributed by atoms with E-state index in [-0.39, 0.29) is 5.78 Å². The minimum absolute atomic E-state index is 0.258. The van der Waals surface area contributed by atoms with Gasteiger partial charge in [-0.15, -0.1) is 0 Å². The number of rotatable bonds is 3. The minimum Gasteiger partial charge on any atom is -0.299 e. The molecule has 0 aliphatic heterocycles. The highest BCUT2D eigenvalue weighted by Gasteiger charge is 2.27. The number of ketones is 1. The third-order valence-corrected chi connectivity index (χ3v) is 2.41. The molecular formula is C14H10N2O. The second-order valence-corrected chi connectivity index (χ2v) is 3.52. The van der Waals surface area contributed by atoms with Gasteiger partial charge < -0.3 is 0 Å². The molecule has 1 aromatic heterocycles. The van der Waals surface area contributed by atoms with Crippen molar-refractivity contribution in [1.82, 2.24) is 4.98 Å². The van der Waals surface area contributed by atoms with Crippen LogP contribution in [0.1, 0.15) is 22.1 Å². The molecule has 1 unspecified atom stereocenters. The lowest BCUT2D eigenvalue weighted by molar-refractivity contribution is 0.0970. The zero-order chi connectivity index (χ0) is 12.1. The van der Waals surface area contributed by atoms with Gasteiger partial charge in [0, 0.05) is 11.8 Å². The SMILES string of the molecule is [C-]#[N+]C(C(=O)c1ccccn1)c1ccccc1. The standard InChI is InChI=1S/C14H10N2O/c1-15-13(11-7-3-2-4-8-11)14(17)12-9-5-6-10-16-12/h2-10,13H. The largest absolute Gasteiger partial charge is 0.312 e. The average Bonchev–Trinajstić information content (AvgIpc) is 2.42. The summed E-state index contributed by atoms with van der Waals surface area (Å²) in [6, 6.07) is 13.4. The molecule has 82 valence electrons. The zero-order valence-electron chi connectivity index (χ0n) is 9.08. The predicted octanol–water partition coefficient (Wildman–Crippen LogP) is 2.92. The summed E-state index contributed by atoms with van der Waals surface area (Å²) in [7, 11) is 0. The van der Waals surface area contributed by atoms with E-state index in [1.165, 1.54) is 0 Å². The number of carbonyl (C=O) groups excluding carboxylic acids is 1. The van der Waals surface area contributed by atoms with E-state index in [4.69, 9.17) is 6.57 Å². The van der Waals surface area contributed by atoms with E-state index >= 15 is 0 Å². The molecule has 0 N–H and O–H groups in total. The molecule has 3 heteroatoms. The Morgan fingerprint density at radius 2 is 1.82 bits per heavy atom. The van der Waals surface area contributed by atoms with Gasteiger partial charge in [-0.05, 0) is 12.1 Å². The molecule has 0 saturated carbocycles. The molecule has 0 spiro atoms. The molecular weight excluding hydrogens is 212 g/mol. The zero-order valence-corrected chi connectivity index (χ0v) is 9.08. The van der Waals surface area contributed by atoms with Crippen molar-refractivity contribution in [1.29, 1.82) is 0 Å². The minimum atomic E-state index is -0.800. The summed E-state index contributed by atoms with van der Waals surface area (Å²) in [5.41, 5.74) is 1.04. The maximum absolute atomic E-state index is 12.1. The summed E-state index contributed by atoms with van der Waals surface area (Å²) in [5, 5.41) is 0. The summed E-state index contributed by atoms with van der Waals surface area (Å²) < 4.78 is 0. The molecule has 2 aromatic rings. The molecule has 3 nitrogen and oxygen atoms in total. The maximum atomic E-state index is 12.1. The van der Waals surface area contributed by atoms with Crippen molar-refractivity contribution in [2.24, 2.45) is 0 Å². The average molecular weight is 222 g/mol. The number of aromatic nitrogens is 1. The van der Waals surface area contributed by atoms with Crippen molar-refractivity contribution < 1.29 is 4.79 Å². The highest BCUT2D eigenvalue weighted by Crippen LogP contribution is 2.21. The van der Waals surface area contributed by atoms with E-state index in [0.29, 0.717) is 11.3 Å². The van der Waals surface area contributed by atoms with Gasteiger partial charge in [0.05, 0.1) is 0 Å². The van der Waals surface area contributed by atoms with Gasteiger partial charge >= 0.3 is 6.04 Å². The summed E-state index contributed by atoms with van der Waals surface area (Å²) in [6.45, 7) is 7.15. The molecule has 17 heavy (non-hydrogen) atoms. The molecule has 1 heterocycles. The fraction of sp³-hybridized carbons (Fsp3) is 0.0714. The van der Waals surface area contributed by atoms with Crippen LogP contribution in [0.3, 0.4) is 0 Å². The summed E-state index contributed by atoms with van der Waals surface area (Å²) in [6.07, 6.45) is 1.55. The molecule has 0 amide bonds. The lowest BCUT2D eigenvalue weighted by Gasteiger charge is -2.03. The molecule has 0 radical (unpaired) electrons. The Morgan fingerprint density at radius 3 is 2.41 bits per heavy atom. The van der Waals surface area contributed by atoms with Gasteiger partial charge in [0.25, 0.3) is 5.78 Å². The van der Waals surface area contributed by atoms with Crippen molar-refractivity contribution in [3.05, 3.63) is 77.4 Å². The number of hydrogen-bond donors (Lipinski definition) is 0. The topological polar surface area (TPSA) is 34.3 Å². The van der Waals surface area contributed by atoms with E-state index < -0.39 is 6.04 Å². The highest BCUT2D eigenvalue weighted by atomic mass is 16.1. The van der Waals surface area contributed by atoms with Gasteiger partial charge in [0.2, 0.25) is 0 Å². The third-order valence-electron chi connectivity index (χ3n) is 2.41. The van der Waals surface area contributed by atoms with Gasteiger partial charge in [-0.25, -0.2) is 6.57 Å². The first-order chi connectivity index (χ1) is 8.33. The molecule has 1 atom stereocenters. The summed E-state index contributed by atoms with van der Waals surface area (Å²) in [4.78, 5) is 19.5. The fourth-order valence-electron chi connectivity index (χ4n) is 1.57. The molecule has 0 bridgehead atoms. The van der Waals surface area contributed by atoms with Gasteiger partial charge in [-0.1, -0.05) is 36.4 Å². The van der Waals surface area contributed by atoms with Crippen LogP contribution in [0.25, 0.3) is 4.85 Å². The smallest absolute Gasteiger partial charge is 0.299 e. The third kappa shape index (κ3) is 2.37. The van der Waals surface area contributed by atoms with Crippen molar-refractivity contribution in [3.8, 4) is 0 Å². The first-order valence-electron chi connectivity index (χ1n) is 5.19. The van der Waals surface area contributed by atoms with E-state index in [0.717, 1.165) is 0 Å². The number of benzene rings is 1. The predicted molar refractivity (Wildman–Crippen MR) is 64.4 cm³/mol.